The number of nitrogens with zero attached hydrogens (tertiary/aromatic N) is 1. The number of amides is 2. The van der Waals surface area contributed by atoms with Crippen molar-refractivity contribution in [1.82, 2.24) is 0 Å². The molecule has 6 heteroatoms. The summed E-state index contributed by atoms with van der Waals surface area (Å²) < 4.78 is 0. The highest BCUT2D eigenvalue weighted by molar-refractivity contribution is 5.98. The first kappa shape index (κ1) is 18.6. The second kappa shape index (κ2) is 8.49. The Morgan fingerprint density at radius 1 is 1.00 bits per heavy atom. The van der Waals surface area contributed by atoms with Gasteiger partial charge < -0.3 is 15.3 Å². The summed E-state index contributed by atoms with van der Waals surface area (Å²) in [6.07, 6.45) is 1.96. The molecule has 1 heterocycles. The highest BCUT2D eigenvalue weighted by Crippen LogP contribution is 2.27. The van der Waals surface area contributed by atoms with Gasteiger partial charge in [0, 0.05) is 37.2 Å². The molecule has 0 fully saturated rings. The van der Waals surface area contributed by atoms with Gasteiger partial charge in [-0.25, -0.2) is 0 Å². The molecule has 2 aromatic rings. The number of aliphatic carboxylic acids is 1. The van der Waals surface area contributed by atoms with Crippen LogP contribution in [0.15, 0.2) is 48.5 Å². The lowest BCUT2D eigenvalue weighted by atomic mass is 10.0. The van der Waals surface area contributed by atoms with E-state index in [-0.39, 0.29) is 24.7 Å². The summed E-state index contributed by atoms with van der Waals surface area (Å²) in [6, 6.07) is 14.9. The van der Waals surface area contributed by atoms with Crippen LogP contribution in [0.4, 0.5) is 11.4 Å². The molecule has 0 bridgehead atoms. The number of carbonyl (C=O) groups excluding carboxylic acids is 2. The first-order chi connectivity index (χ1) is 13.0. The quantitative estimate of drug-likeness (QED) is 0.789. The predicted molar refractivity (Wildman–Crippen MR) is 103 cm³/mol. The maximum absolute atomic E-state index is 12.2. The highest BCUT2D eigenvalue weighted by Gasteiger charge is 2.23. The molecule has 3 rings (SSSR count). The molecular weight excluding hydrogens is 344 g/mol. The van der Waals surface area contributed by atoms with E-state index in [2.05, 4.69) is 5.32 Å². The van der Waals surface area contributed by atoms with E-state index < -0.39 is 5.97 Å². The number of carboxylic acid groups (broad SMARTS) is 1. The molecule has 0 saturated carbocycles. The number of benzene rings is 2. The Balaban J connectivity index is 1.54. The van der Waals surface area contributed by atoms with Crippen LogP contribution in [0, 0.1) is 0 Å². The van der Waals surface area contributed by atoms with E-state index in [1.165, 1.54) is 0 Å². The summed E-state index contributed by atoms with van der Waals surface area (Å²) in [5.41, 5.74) is 3.59. The number of nitrogens with one attached hydrogen (secondary N) is 1. The lowest BCUT2D eigenvalue weighted by molar-refractivity contribution is -0.137. The third-order valence-corrected chi connectivity index (χ3v) is 4.62. The fourth-order valence-electron chi connectivity index (χ4n) is 3.18. The summed E-state index contributed by atoms with van der Waals surface area (Å²) in [5.74, 6) is -0.949. The molecule has 6 nitrogen and oxygen atoms in total. The van der Waals surface area contributed by atoms with Gasteiger partial charge in [-0.2, -0.15) is 0 Å². The zero-order chi connectivity index (χ0) is 19.2. The Morgan fingerprint density at radius 2 is 1.74 bits per heavy atom. The van der Waals surface area contributed by atoms with Crippen molar-refractivity contribution < 1.29 is 19.5 Å². The number of anilines is 2. The molecule has 1 aliphatic heterocycles. The van der Waals surface area contributed by atoms with Gasteiger partial charge in [-0.05, 0) is 42.2 Å². The smallest absolute Gasteiger partial charge is 0.303 e. The van der Waals surface area contributed by atoms with Crippen molar-refractivity contribution in [3.8, 4) is 0 Å². The van der Waals surface area contributed by atoms with Crippen LogP contribution in [-0.2, 0) is 27.2 Å². The van der Waals surface area contributed by atoms with Gasteiger partial charge in [0.25, 0.3) is 0 Å². The van der Waals surface area contributed by atoms with Gasteiger partial charge in [-0.1, -0.05) is 30.3 Å². The topological polar surface area (TPSA) is 86.7 Å². The maximum atomic E-state index is 12.2. The Bertz CT molecular complexity index is 846. The van der Waals surface area contributed by atoms with Gasteiger partial charge in [-0.3, -0.25) is 14.4 Å². The minimum absolute atomic E-state index is 0.0456. The lowest BCUT2D eigenvalue weighted by Crippen LogP contribution is -2.37. The molecule has 2 aromatic carbocycles. The summed E-state index contributed by atoms with van der Waals surface area (Å²) in [7, 11) is 0. The van der Waals surface area contributed by atoms with Crippen LogP contribution in [0.3, 0.4) is 0 Å². The van der Waals surface area contributed by atoms with Gasteiger partial charge in [0.1, 0.15) is 0 Å². The second-order valence-corrected chi connectivity index (χ2v) is 6.56. The number of hydrogen-bond donors (Lipinski definition) is 2. The van der Waals surface area contributed by atoms with Gasteiger partial charge in [0.15, 0.2) is 0 Å². The van der Waals surface area contributed by atoms with Crippen LogP contribution < -0.4 is 10.2 Å². The van der Waals surface area contributed by atoms with Crippen LogP contribution in [0.1, 0.15) is 30.4 Å². The van der Waals surface area contributed by atoms with Gasteiger partial charge >= 0.3 is 5.97 Å². The molecule has 0 unspecified atom stereocenters. The normalized spacial score (nSPS) is 13.2. The summed E-state index contributed by atoms with van der Waals surface area (Å²) in [4.78, 5) is 36.8. The molecule has 27 heavy (non-hydrogen) atoms. The van der Waals surface area contributed by atoms with E-state index in [1.807, 2.05) is 36.4 Å². The third kappa shape index (κ3) is 4.94. The minimum Gasteiger partial charge on any atom is -0.481 e. The molecule has 0 spiro atoms. The van der Waals surface area contributed by atoms with E-state index in [0.717, 1.165) is 23.2 Å². The number of carboxylic acids is 1. The molecule has 0 aliphatic carbocycles. The number of para-hydroxylation sites is 1. The molecule has 0 radical (unpaired) electrons. The van der Waals surface area contributed by atoms with Crippen molar-refractivity contribution >= 4 is 29.2 Å². The molecule has 0 atom stereocenters. The first-order valence-corrected chi connectivity index (χ1v) is 9.02. The monoisotopic (exact) mass is 366 g/mol. The molecule has 0 aromatic heterocycles. The Hall–Kier alpha value is -3.15. The van der Waals surface area contributed by atoms with Crippen molar-refractivity contribution in [3.05, 3.63) is 59.7 Å². The molecular formula is C21H22N2O4. The Kier molecular flexibility index (Phi) is 5.86. The highest BCUT2D eigenvalue weighted by atomic mass is 16.4. The molecule has 0 saturated heterocycles. The Labute approximate surface area is 157 Å². The summed E-state index contributed by atoms with van der Waals surface area (Å²) in [6.45, 7) is 0.346. The van der Waals surface area contributed by atoms with Crippen molar-refractivity contribution in [2.75, 3.05) is 16.8 Å². The molecule has 2 amide bonds. The lowest BCUT2D eigenvalue weighted by Gasteiger charge is -2.29. The average Bonchev–Trinajstić information content (AvgIpc) is 2.66. The molecule has 1 aliphatic rings. The summed E-state index contributed by atoms with van der Waals surface area (Å²) in [5, 5.41) is 11.5. The van der Waals surface area contributed by atoms with Crippen LogP contribution >= 0.6 is 0 Å². The van der Waals surface area contributed by atoms with Crippen molar-refractivity contribution in [2.24, 2.45) is 0 Å². The predicted octanol–water partition coefficient (Wildman–Crippen LogP) is 3.01. The SMILES string of the molecule is O=C(O)CCc1ccc(NC(=O)CCN2C(=O)CCc3ccccc32)cc1. The van der Waals surface area contributed by atoms with Crippen molar-refractivity contribution in [1.29, 1.82) is 0 Å². The number of rotatable bonds is 7. The number of hydrogen-bond acceptors (Lipinski definition) is 3. The fraction of sp³-hybridized carbons (Fsp3) is 0.286. The van der Waals surface area contributed by atoms with Gasteiger partial charge in [0.2, 0.25) is 11.8 Å². The number of carbonyl (C=O) groups is 3. The van der Waals surface area contributed by atoms with Crippen molar-refractivity contribution in [2.45, 2.75) is 32.1 Å². The van der Waals surface area contributed by atoms with Gasteiger partial charge in [-0.15, -0.1) is 0 Å². The van der Waals surface area contributed by atoms with E-state index in [9.17, 15) is 14.4 Å². The largest absolute Gasteiger partial charge is 0.481 e. The number of fused-ring (bicyclic) bond motifs is 1. The standard InChI is InChI=1S/C21H22N2O4/c24-19(22-17-9-5-15(6-10-17)7-12-21(26)27)13-14-23-18-4-2-1-3-16(18)8-11-20(23)25/h1-6,9-10H,7-8,11-14H2,(H,22,24)(H,26,27). The minimum atomic E-state index is -0.832. The van der Waals surface area contributed by atoms with Crippen LogP contribution in [-0.4, -0.2) is 29.4 Å². The third-order valence-electron chi connectivity index (χ3n) is 4.62. The number of aryl methyl sites for hydroxylation is 2. The van der Waals surface area contributed by atoms with E-state index in [4.69, 9.17) is 5.11 Å². The second-order valence-electron chi connectivity index (χ2n) is 6.56. The maximum Gasteiger partial charge on any atom is 0.303 e. The Morgan fingerprint density at radius 3 is 2.48 bits per heavy atom. The molecule has 140 valence electrons. The first-order valence-electron chi connectivity index (χ1n) is 9.02. The fourth-order valence-corrected chi connectivity index (χ4v) is 3.18. The zero-order valence-electron chi connectivity index (χ0n) is 15.0. The van der Waals surface area contributed by atoms with E-state index in [1.54, 1.807) is 17.0 Å². The molecule has 2 N–H and O–H groups in total. The van der Waals surface area contributed by atoms with Gasteiger partial charge in [0.05, 0.1) is 0 Å². The van der Waals surface area contributed by atoms with E-state index >= 15 is 0 Å². The van der Waals surface area contributed by atoms with Crippen LogP contribution in [0.2, 0.25) is 0 Å². The average molecular weight is 366 g/mol. The zero-order valence-corrected chi connectivity index (χ0v) is 15.0. The van der Waals surface area contributed by atoms with Crippen molar-refractivity contribution in [3.63, 3.8) is 0 Å². The summed E-state index contributed by atoms with van der Waals surface area (Å²) >= 11 is 0. The van der Waals surface area contributed by atoms with Crippen LogP contribution in [0.25, 0.3) is 0 Å². The van der Waals surface area contributed by atoms with E-state index in [0.29, 0.717) is 25.1 Å². The van der Waals surface area contributed by atoms with Crippen LogP contribution in [0.5, 0.6) is 0 Å².